The van der Waals surface area contributed by atoms with Gasteiger partial charge in [0.15, 0.2) is 5.76 Å². The number of nitrogens with two attached hydrogens (primary N) is 1. The number of benzene rings is 2. The molecule has 0 saturated heterocycles. The lowest BCUT2D eigenvalue weighted by atomic mass is 10.1. The maximum atomic E-state index is 12.7. The van der Waals surface area contributed by atoms with Crippen LogP contribution in [0.5, 0.6) is 0 Å². The lowest BCUT2D eigenvalue weighted by Gasteiger charge is -2.24. The van der Waals surface area contributed by atoms with Crippen molar-refractivity contribution < 1.29 is 14.3 Å². The Morgan fingerprint density at radius 3 is 2.20 bits per heavy atom. The molecule has 30 heavy (non-hydrogen) atoms. The molecule has 0 aromatic heterocycles. The number of carbonyl (C=O) groups excluding carboxylic acids is 2. The molecule has 2 aromatic carbocycles. The molecule has 7 heteroatoms. The van der Waals surface area contributed by atoms with E-state index in [2.05, 4.69) is 31.0 Å². The molecule has 0 aliphatic rings. The van der Waals surface area contributed by atoms with E-state index in [1.165, 1.54) is 10.6 Å². The number of hydrogen-bond acceptors (Lipinski definition) is 6. The summed E-state index contributed by atoms with van der Waals surface area (Å²) in [6, 6.07) is 17.1. The number of nitrogens with zero attached hydrogens (tertiary/aromatic N) is 1. The lowest BCUT2D eigenvalue weighted by Crippen LogP contribution is -2.52. The van der Waals surface area contributed by atoms with Crippen molar-refractivity contribution in [3.05, 3.63) is 90.2 Å². The molecule has 0 unspecified atom stereocenters. The molecule has 0 bridgehead atoms. The van der Waals surface area contributed by atoms with Crippen molar-refractivity contribution in [1.29, 1.82) is 0 Å². The Kier molecular flexibility index (Phi) is 11.4. The molecule has 0 saturated carbocycles. The fourth-order valence-corrected chi connectivity index (χ4v) is 2.33. The van der Waals surface area contributed by atoms with Gasteiger partial charge in [-0.2, -0.15) is 5.53 Å². The summed E-state index contributed by atoms with van der Waals surface area (Å²) in [6.07, 6.45) is 1.62. The Labute approximate surface area is 178 Å². The molecule has 0 radical (unpaired) electrons. The monoisotopic (exact) mass is 410 g/mol. The van der Waals surface area contributed by atoms with Crippen LogP contribution < -0.4 is 21.7 Å². The summed E-state index contributed by atoms with van der Waals surface area (Å²) in [5, 5.41) is 1.31. The van der Waals surface area contributed by atoms with Crippen molar-refractivity contribution in [2.45, 2.75) is 26.9 Å². The largest absolute Gasteiger partial charge is 0.484 e. The SMILES string of the molecule is C=C(C)C=O.C=C(OCc1ccccc1CC)C(=O)N(NNCN)c1ccccc1. The van der Waals surface area contributed by atoms with Gasteiger partial charge in [-0.3, -0.25) is 9.59 Å². The van der Waals surface area contributed by atoms with Crippen molar-refractivity contribution in [2.24, 2.45) is 5.73 Å². The van der Waals surface area contributed by atoms with E-state index in [-0.39, 0.29) is 12.4 Å². The van der Waals surface area contributed by atoms with Crippen LogP contribution in [0.1, 0.15) is 25.0 Å². The van der Waals surface area contributed by atoms with E-state index in [1.54, 1.807) is 19.1 Å². The van der Waals surface area contributed by atoms with Crippen LogP contribution in [0.15, 0.2) is 79.1 Å². The number of rotatable bonds is 10. The number of aldehydes is 1. The van der Waals surface area contributed by atoms with Crippen molar-refractivity contribution in [1.82, 2.24) is 11.0 Å². The molecule has 2 rings (SSSR count). The summed E-state index contributed by atoms with van der Waals surface area (Å²) in [6.45, 7) is 11.3. The van der Waals surface area contributed by atoms with Crippen LogP contribution in [0.2, 0.25) is 0 Å². The highest BCUT2D eigenvalue weighted by Gasteiger charge is 2.20. The molecule has 7 nitrogen and oxygen atoms in total. The minimum Gasteiger partial charge on any atom is -0.484 e. The zero-order valence-corrected chi connectivity index (χ0v) is 17.6. The van der Waals surface area contributed by atoms with Gasteiger partial charge < -0.3 is 10.5 Å². The van der Waals surface area contributed by atoms with Gasteiger partial charge in [-0.25, -0.2) is 10.4 Å². The fourth-order valence-electron chi connectivity index (χ4n) is 2.33. The van der Waals surface area contributed by atoms with E-state index < -0.39 is 5.91 Å². The van der Waals surface area contributed by atoms with Gasteiger partial charge in [0.05, 0.1) is 12.4 Å². The van der Waals surface area contributed by atoms with E-state index in [4.69, 9.17) is 10.5 Å². The summed E-state index contributed by atoms with van der Waals surface area (Å²) >= 11 is 0. The molecule has 0 heterocycles. The first-order valence-electron chi connectivity index (χ1n) is 9.51. The molecular formula is C23H30N4O3. The van der Waals surface area contributed by atoms with Crippen molar-refractivity contribution in [2.75, 3.05) is 11.7 Å². The smallest absolute Gasteiger partial charge is 0.308 e. The number of carbonyl (C=O) groups is 2. The van der Waals surface area contributed by atoms with Gasteiger partial charge in [-0.1, -0.05) is 62.5 Å². The maximum absolute atomic E-state index is 12.7. The van der Waals surface area contributed by atoms with Crippen molar-refractivity contribution in [3.63, 3.8) is 0 Å². The number of anilines is 1. The summed E-state index contributed by atoms with van der Waals surface area (Å²) in [5.41, 5.74) is 14.3. The third-order valence-corrected chi connectivity index (χ3v) is 3.85. The number of amides is 1. The number of para-hydroxylation sites is 1. The van der Waals surface area contributed by atoms with Crippen LogP contribution in [0.25, 0.3) is 0 Å². The average molecular weight is 411 g/mol. The number of nitrogens with one attached hydrogen (secondary N) is 2. The van der Waals surface area contributed by atoms with Gasteiger partial charge in [0.1, 0.15) is 12.9 Å². The van der Waals surface area contributed by atoms with Gasteiger partial charge in [-0.05, 0) is 42.2 Å². The molecule has 0 atom stereocenters. The van der Waals surface area contributed by atoms with E-state index in [0.717, 1.165) is 18.3 Å². The second-order valence-electron chi connectivity index (χ2n) is 6.27. The Balaban J connectivity index is 0.000000804. The highest BCUT2D eigenvalue weighted by atomic mass is 16.5. The second-order valence-corrected chi connectivity index (χ2v) is 6.27. The van der Waals surface area contributed by atoms with Crippen LogP contribution in [0.4, 0.5) is 5.69 Å². The minimum absolute atomic E-state index is 0.0427. The molecule has 0 aliphatic carbocycles. The van der Waals surface area contributed by atoms with Crippen LogP contribution in [0, 0.1) is 0 Å². The van der Waals surface area contributed by atoms with Gasteiger partial charge in [0, 0.05) is 0 Å². The predicted octanol–water partition coefficient (Wildman–Crippen LogP) is 3.00. The first-order chi connectivity index (χ1) is 14.4. The van der Waals surface area contributed by atoms with Crippen molar-refractivity contribution in [3.8, 4) is 0 Å². The molecule has 160 valence electrons. The third-order valence-electron chi connectivity index (χ3n) is 3.85. The number of allylic oxidation sites excluding steroid dienone is 1. The van der Waals surface area contributed by atoms with E-state index >= 15 is 0 Å². The summed E-state index contributed by atoms with van der Waals surface area (Å²) in [4.78, 5) is 22.1. The Bertz CT molecular complexity index is 837. The van der Waals surface area contributed by atoms with Crippen LogP contribution in [-0.4, -0.2) is 18.9 Å². The fraction of sp³-hybridized carbons (Fsp3) is 0.217. The first kappa shape index (κ1) is 24.8. The van der Waals surface area contributed by atoms with Gasteiger partial charge in [0.2, 0.25) is 0 Å². The minimum atomic E-state index is -0.402. The lowest BCUT2D eigenvalue weighted by molar-refractivity contribution is -0.119. The zero-order chi connectivity index (χ0) is 22.4. The highest BCUT2D eigenvalue weighted by molar-refractivity contribution is 6.03. The molecular weight excluding hydrogens is 380 g/mol. The predicted molar refractivity (Wildman–Crippen MR) is 120 cm³/mol. The molecule has 0 spiro atoms. The third kappa shape index (κ3) is 8.40. The summed E-state index contributed by atoms with van der Waals surface area (Å²) in [5.74, 6) is -0.359. The van der Waals surface area contributed by atoms with Gasteiger partial charge in [0.25, 0.3) is 0 Å². The highest BCUT2D eigenvalue weighted by Crippen LogP contribution is 2.16. The topological polar surface area (TPSA) is 96.7 Å². The second kappa shape index (κ2) is 13.8. The molecule has 0 aliphatic heterocycles. The standard InChI is InChI=1S/C19H24N4O2.C4H6O/c1-3-16-9-7-8-10-17(16)13-25-15(2)19(24)23(22-21-14-20)18-11-5-4-6-12-18;1-4(2)3-5/h4-12,21-22H,2-3,13-14,20H2,1H3;3H,1H2,2H3. The number of hydrazine groups is 2. The number of hydrogen-bond donors (Lipinski definition) is 3. The first-order valence-corrected chi connectivity index (χ1v) is 9.51. The zero-order valence-electron chi connectivity index (χ0n) is 17.6. The molecule has 2 aromatic rings. The average Bonchev–Trinajstić information content (AvgIpc) is 2.78. The Morgan fingerprint density at radius 2 is 1.67 bits per heavy atom. The Morgan fingerprint density at radius 1 is 1.10 bits per heavy atom. The van der Waals surface area contributed by atoms with Crippen LogP contribution in [-0.2, 0) is 27.4 Å². The van der Waals surface area contributed by atoms with E-state index in [1.807, 2.05) is 42.5 Å². The van der Waals surface area contributed by atoms with Crippen LogP contribution in [0.3, 0.4) is 0 Å². The summed E-state index contributed by atoms with van der Waals surface area (Å²) in [7, 11) is 0. The van der Waals surface area contributed by atoms with Crippen LogP contribution >= 0.6 is 0 Å². The molecule has 0 fully saturated rings. The molecule has 1 amide bonds. The van der Waals surface area contributed by atoms with Gasteiger partial charge in [-0.15, -0.1) is 0 Å². The van der Waals surface area contributed by atoms with E-state index in [0.29, 0.717) is 17.9 Å². The van der Waals surface area contributed by atoms with Crippen molar-refractivity contribution >= 4 is 17.9 Å². The number of aryl methyl sites for hydroxylation is 1. The summed E-state index contributed by atoms with van der Waals surface area (Å²) < 4.78 is 5.63. The molecule has 4 N–H and O–H groups in total. The maximum Gasteiger partial charge on any atom is 0.308 e. The Hall–Kier alpha value is -3.26. The quantitative estimate of drug-likeness (QED) is 0.183. The normalized spacial score (nSPS) is 9.70. The van der Waals surface area contributed by atoms with Gasteiger partial charge >= 0.3 is 5.91 Å². The van der Waals surface area contributed by atoms with E-state index in [9.17, 15) is 9.59 Å². The number of ether oxygens (including phenoxy) is 1.